The van der Waals surface area contributed by atoms with Crippen molar-refractivity contribution in [1.82, 2.24) is 4.31 Å². The Morgan fingerprint density at radius 1 is 1.29 bits per heavy atom. The number of rotatable bonds is 5. The van der Waals surface area contributed by atoms with Crippen molar-refractivity contribution in [3.8, 4) is 5.75 Å². The Morgan fingerprint density at radius 2 is 1.90 bits per heavy atom. The van der Waals surface area contributed by atoms with Crippen LogP contribution in [-0.2, 0) is 10.0 Å². The van der Waals surface area contributed by atoms with Crippen LogP contribution in [0.15, 0.2) is 29.2 Å². The number of nitrogens with zero attached hydrogens (tertiary/aromatic N) is 1. The van der Waals surface area contributed by atoms with E-state index >= 15 is 0 Å². The van der Waals surface area contributed by atoms with Crippen molar-refractivity contribution in [3.63, 3.8) is 0 Å². The lowest BCUT2D eigenvalue weighted by Crippen LogP contribution is -2.32. The van der Waals surface area contributed by atoms with Gasteiger partial charge in [-0.3, -0.25) is 0 Å². The molecule has 0 radical (unpaired) electrons. The van der Waals surface area contributed by atoms with Gasteiger partial charge in [0, 0.05) is 19.1 Å². The van der Waals surface area contributed by atoms with E-state index in [1.54, 1.807) is 24.3 Å². The summed E-state index contributed by atoms with van der Waals surface area (Å²) in [4.78, 5) is 0.294. The molecule has 2 rings (SSSR count). The summed E-state index contributed by atoms with van der Waals surface area (Å²) in [6.07, 6.45) is 0.920. The fourth-order valence-electron chi connectivity index (χ4n) is 2.22. The van der Waals surface area contributed by atoms with Gasteiger partial charge >= 0.3 is 0 Å². The van der Waals surface area contributed by atoms with Gasteiger partial charge in [0.15, 0.2) is 0 Å². The van der Waals surface area contributed by atoms with Crippen LogP contribution >= 0.6 is 12.4 Å². The minimum Gasteiger partial charge on any atom is -0.494 e. The number of hydrogen-bond donors (Lipinski definition) is 1. The summed E-state index contributed by atoms with van der Waals surface area (Å²) in [5.41, 5.74) is 5.90. The molecule has 1 aliphatic heterocycles. The van der Waals surface area contributed by atoms with Gasteiger partial charge in [-0.2, -0.15) is 4.31 Å². The zero-order chi connectivity index (χ0) is 14.8. The minimum atomic E-state index is -3.44. The van der Waals surface area contributed by atoms with Crippen LogP contribution < -0.4 is 10.5 Å². The van der Waals surface area contributed by atoms with Gasteiger partial charge < -0.3 is 10.5 Å². The third-order valence-electron chi connectivity index (χ3n) is 3.57. The quantitative estimate of drug-likeness (QED) is 0.892. The summed E-state index contributed by atoms with van der Waals surface area (Å²) >= 11 is 0. The van der Waals surface area contributed by atoms with Crippen LogP contribution in [0.3, 0.4) is 0 Å². The van der Waals surface area contributed by atoms with Gasteiger partial charge in [-0.15, -0.1) is 12.4 Å². The number of nitrogens with two attached hydrogens (primary N) is 1. The maximum Gasteiger partial charge on any atom is 0.243 e. The Balaban J connectivity index is 0.00000220. The molecule has 0 amide bonds. The first-order valence-corrected chi connectivity index (χ1v) is 8.37. The molecule has 0 aromatic heterocycles. The molecule has 2 N–H and O–H groups in total. The molecule has 2 unspecified atom stereocenters. The monoisotopic (exact) mass is 334 g/mol. The molecule has 1 heterocycles. The summed E-state index contributed by atoms with van der Waals surface area (Å²) in [5.74, 6) is 0.884. The molecule has 0 bridgehead atoms. The van der Waals surface area contributed by atoms with E-state index in [1.807, 2.05) is 13.8 Å². The van der Waals surface area contributed by atoms with Gasteiger partial charge in [0.2, 0.25) is 10.0 Å². The first-order chi connectivity index (χ1) is 9.45. The molecule has 1 aromatic carbocycles. The Morgan fingerprint density at radius 3 is 2.38 bits per heavy atom. The Kier molecular flexibility index (Phi) is 6.46. The highest BCUT2D eigenvalue weighted by atomic mass is 35.5. The van der Waals surface area contributed by atoms with Crippen LogP contribution in [0, 0.1) is 5.92 Å². The molecule has 7 heteroatoms. The van der Waals surface area contributed by atoms with E-state index in [-0.39, 0.29) is 24.4 Å². The van der Waals surface area contributed by atoms with Crippen LogP contribution in [0.25, 0.3) is 0 Å². The molecule has 5 nitrogen and oxygen atoms in total. The first kappa shape index (κ1) is 18.2. The average molecular weight is 335 g/mol. The standard InChI is InChI=1S/C14H22N2O3S.ClH/c1-3-8-19-12-4-6-13(7-5-12)20(17,18)16-9-11(2)14(15)10-16;/h4-7,11,14H,3,8-10,15H2,1-2H3;1H. The zero-order valence-corrected chi connectivity index (χ0v) is 14.0. The van der Waals surface area contributed by atoms with Crippen LogP contribution in [0.1, 0.15) is 20.3 Å². The van der Waals surface area contributed by atoms with Crippen molar-refractivity contribution in [2.24, 2.45) is 11.7 Å². The number of halogens is 1. The summed E-state index contributed by atoms with van der Waals surface area (Å²) in [7, 11) is -3.44. The summed E-state index contributed by atoms with van der Waals surface area (Å²) in [6, 6.07) is 6.49. The van der Waals surface area contributed by atoms with Gasteiger partial charge in [-0.25, -0.2) is 8.42 Å². The number of sulfonamides is 1. The lowest BCUT2D eigenvalue weighted by molar-refractivity contribution is 0.317. The van der Waals surface area contributed by atoms with E-state index in [4.69, 9.17) is 10.5 Å². The van der Waals surface area contributed by atoms with Gasteiger partial charge in [-0.05, 0) is 36.6 Å². The minimum absolute atomic E-state index is 0. The average Bonchev–Trinajstić information content (AvgIpc) is 2.77. The molecule has 0 saturated carbocycles. The fourth-order valence-corrected chi connectivity index (χ4v) is 3.80. The molecule has 120 valence electrons. The van der Waals surface area contributed by atoms with E-state index in [2.05, 4.69) is 0 Å². The Bertz CT molecular complexity index is 538. The third-order valence-corrected chi connectivity index (χ3v) is 5.42. The van der Waals surface area contributed by atoms with E-state index in [1.165, 1.54) is 4.31 Å². The van der Waals surface area contributed by atoms with E-state index in [0.717, 1.165) is 6.42 Å². The Labute approximate surface area is 132 Å². The lowest BCUT2D eigenvalue weighted by atomic mass is 10.1. The molecule has 1 aliphatic rings. The van der Waals surface area contributed by atoms with Gasteiger partial charge in [0.05, 0.1) is 11.5 Å². The second kappa shape index (κ2) is 7.45. The van der Waals surface area contributed by atoms with E-state index in [9.17, 15) is 8.42 Å². The largest absolute Gasteiger partial charge is 0.494 e. The highest BCUT2D eigenvalue weighted by Crippen LogP contribution is 2.25. The van der Waals surface area contributed by atoms with Gasteiger partial charge in [0.1, 0.15) is 5.75 Å². The smallest absolute Gasteiger partial charge is 0.243 e. The normalized spacial score (nSPS) is 22.8. The second-order valence-electron chi connectivity index (χ2n) is 5.28. The second-order valence-corrected chi connectivity index (χ2v) is 7.22. The van der Waals surface area contributed by atoms with Gasteiger partial charge in [0.25, 0.3) is 0 Å². The van der Waals surface area contributed by atoms with Crippen molar-refractivity contribution in [1.29, 1.82) is 0 Å². The molecule has 1 aromatic rings. The summed E-state index contributed by atoms with van der Waals surface area (Å²) < 4.78 is 31.9. The molecule has 21 heavy (non-hydrogen) atoms. The fraction of sp³-hybridized carbons (Fsp3) is 0.571. The number of ether oxygens (including phenoxy) is 1. The van der Waals surface area contributed by atoms with Crippen molar-refractivity contribution in [3.05, 3.63) is 24.3 Å². The molecule has 1 saturated heterocycles. The van der Waals surface area contributed by atoms with Gasteiger partial charge in [-0.1, -0.05) is 13.8 Å². The predicted octanol–water partition coefficient (Wildman–Crippen LogP) is 1.86. The third kappa shape index (κ3) is 4.10. The predicted molar refractivity (Wildman–Crippen MR) is 85.4 cm³/mol. The molecular weight excluding hydrogens is 312 g/mol. The molecule has 0 spiro atoms. The number of benzene rings is 1. The van der Waals surface area contributed by atoms with Crippen LogP contribution in [-0.4, -0.2) is 38.5 Å². The van der Waals surface area contributed by atoms with Crippen LogP contribution in [0.4, 0.5) is 0 Å². The van der Waals surface area contributed by atoms with Crippen LogP contribution in [0.5, 0.6) is 5.75 Å². The highest BCUT2D eigenvalue weighted by Gasteiger charge is 2.35. The van der Waals surface area contributed by atoms with E-state index < -0.39 is 10.0 Å². The van der Waals surface area contributed by atoms with E-state index in [0.29, 0.717) is 30.3 Å². The topological polar surface area (TPSA) is 72.6 Å². The zero-order valence-electron chi connectivity index (χ0n) is 12.4. The number of hydrogen-bond acceptors (Lipinski definition) is 4. The van der Waals surface area contributed by atoms with Crippen molar-refractivity contribution < 1.29 is 13.2 Å². The SMILES string of the molecule is CCCOc1ccc(S(=O)(=O)N2CC(C)C(N)C2)cc1.Cl. The first-order valence-electron chi connectivity index (χ1n) is 6.93. The summed E-state index contributed by atoms with van der Waals surface area (Å²) in [5, 5.41) is 0. The molecule has 1 fully saturated rings. The molecular formula is C14H23ClN2O3S. The summed E-state index contributed by atoms with van der Waals surface area (Å²) in [6.45, 7) is 5.50. The lowest BCUT2D eigenvalue weighted by Gasteiger charge is -2.16. The van der Waals surface area contributed by atoms with Crippen LogP contribution in [0.2, 0.25) is 0 Å². The Hall–Kier alpha value is -0.820. The maximum absolute atomic E-state index is 12.5. The highest BCUT2D eigenvalue weighted by molar-refractivity contribution is 7.89. The van der Waals surface area contributed by atoms with Crippen molar-refractivity contribution in [2.75, 3.05) is 19.7 Å². The van der Waals surface area contributed by atoms with Crippen molar-refractivity contribution in [2.45, 2.75) is 31.2 Å². The van der Waals surface area contributed by atoms with Crippen molar-refractivity contribution >= 4 is 22.4 Å². The molecule has 0 aliphatic carbocycles. The molecule has 2 atom stereocenters. The maximum atomic E-state index is 12.5.